The number of fused-ring (bicyclic) bond motifs is 1. The third-order valence-corrected chi connectivity index (χ3v) is 5.55. The second kappa shape index (κ2) is 7.53. The van der Waals surface area contributed by atoms with Gasteiger partial charge in [-0.05, 0) is 76.9 Å². The Bertz CT molecular complexity index is 1150. The van der Waals surface area contributed by atoms with E-state index < -0.39 is 0 Å². The number of ether oxygens (including phenoxy) is 2. The van der Waals surface area contributed by atoms with Crippen molar-refractivity contribution in [3.8, 4) is 23.6 Å². The van der Waals surface area contributed by atoms with E-state index in [4.69, 9.17) is 15.2 Å². The van der Waals surface area contributed by atoms with Crippen LogP contribution in [0, 0.1) is 33.2 Å². The molecule has 0 unspecified atom stereocenters. The Balaban J connectivity index is 2.31. The summed E-state index contributed by atoms with van der Waals surface area (Å²) in [5.41, 5.74) is 11.3. The fourth-order valence-electron chi connectivity index (χ4n) is 3.38. The van der Waals surface area contributed by atoms with Crippen molar-refractivity contribution >= 4 is 45.6 Å². The quantitative estimate of drug-likeness (QED) is 0.651. The van der Waals surface area contributed by atoms with E-state index >= 15 is 0 Å². The van der Waals surface area contributed by atoms with Crippen LogP contribution >= 0.6 is 22.6 Å². The van der Waals surface area contributed by atoms with Gasteiger partial charge in [-0.3, -0.25) is 0 Å². The monoisotopic (exact) mass is 484 g/mol. The zero-order valence-electron chi connectivity index (χ0n) is 15.8. The summed E-state index contributed by atoms with van der Waals surface area (Å²) in [6.07, 6.45) is 1.97. The molecule has 1 aliphatic carbocycles. The Kier molecular flexibility index (Phi) is 5.30. The standard InChI is InChI=1S/C21H17IN4O2/c1-10-13(5-12-6-16(22)20(28-4)17(7-12)27-3)18-11(2)15(9-24)21(25)26-19(18)14(10)8-23/h5-7H,1-4H3,(H2,25,26)/b13-5-. The first kappa shape index (κ1) is 19.7. The summed E-state index contributed by atoms with van der Waals surface area (Å²) < 4.78 is 11.7. The van der Waals surface area contributed by atoms with Crippen LogP contribution in [0.5, 0.6) is 11.5 Å². The molecule has 0 bridgehead atoms. The molecule has 0 amide bonds. The molecule has 1 aromatic heterocycles. The Hall–Kier alpha value is -3.04. The molecule has 28 heavy (non-hydrogen) atoms. The number of nitrogens with zero attached hydrogens (tertiary/aromatic N) is 3. The summed E-state index contributed by atoms with van der Waals surface area (Å²) in [6, 6.07) is 8.18. The van der Waals surface area contributed by atoms with Gasteiger partial charge in [0.05, 0.1) is 34.6 Å². The number of methoxy groups -OCH3 is 2. The van der Waals surface area contributed by atoms with Crippen molar-refractivity contribution in [2.75, 3.05) is 20.0 Å². The predicted octanol–water partition coefficient (Wildman–Crippen LogP) is 4.32. The minimum Gasteiger partial charge on any atom is -0.493 e. The van der Waals surface area contributed by atoms with Crippen molar-refractivity contribution in [1.82, 2.24) is 4.98 Å². The number of nitrogen functional groups attached to an aromatic ring is 1. The SMILES string of the molecule is COc1cc(/C=C2/C(C)=C(C#N)c3nc(N)c(C#N)c(C)c32)cc(I)c1OC. The van der Waals surface area contributed by atoms with Crippen molar-refractivity contribution < 1.29 is 9.47 Å². The summed E-state index contributed by atoms with van der Waals surface area (Å²) in [6.45, 7) is 3.70. The number of hydrogen-bond acceptors (Lipinski definition) is 6. The van der Waals surface area contributed by atoms with Crippen molar-refractivity contribution in [2.24, 2.45) is 0 Å². The molecular formula is C21H17IN4O2. The molecule has 1 aromatic carbocycles. The lowest BCUT2D eigenvalue weighted by atomic mass is 9.95. The number of halogens is 1. The van der Waals surface area contributed by atoms with Gasteiger partial charge in [0.2, 0.25) is 0 Å². The number of nitriles is 2. The molecule has 2 aromatic rings. The Morgan fingerprint density at radius 1 is 1.14 bits per heavy atom. The molecule has 0 saturated carbocycles. The Morgan fingerprint density at radius 2 is 1.86 bits per heavy atom. The lowest BCUT2D eigenvalue weighted by Crippen LogP contribution is -2.03. The van der Waals surface area contributed by atoms with Crippen molar-refractivity contribution in [3.05, 3.63) is 49.2 Å². The average molecular weight is 484 g/mol. The zero-order chi connectivity index (χ0) is 20.6. The minimum atomic E-state index is 0.140. The van der Waals surface area contributed by atoms with Gasteiger partial charge >= 0.3 is 0 Å². The molecule has 0 spiro atoms. The smallest absolute Gasteiger partial charge is 0.174 e. The van der Waals surface area contributed by atoms with Gasteiger partial charge in [0, 0.05) is 5.56 Å². The number of anilines is 1. The number of benzene rings is 1. The van der Waals surface area contributed by atoms with Gasteiger partial charge in [0.1, 0.15) is 18.0 Å². The van der Waals surface area contributed by atoms with Crippen LogP contribution in [0.25, 0.3) is 17.2 Å². The van der Waals surface area contributed by atoms with Crippen molar-refractivity contribution in [2.45, 2.75) is 13.8 Å². The molecule has 7 heteroatoms. The molecule has 0 radical (unpaired) electrons. The molecule has 0 aliphatic heterocycles. The molecular weight excluding hydrogens is 467 g/mol. The van der Waals surface area contributed by atoms with Gasteiger partial charge < -0.3 is 15.2 Å². The van der Waals surface area contributed by atoms with Gasteiger partial charge in [-0.15, -0.1) is 0 Å². The summed E-state index contributed by atoms with van der Waals surface area (Å²) in [4.78, 5) is 4.35. The fraction of sp³-hybridized carbons (Fsp3) is 0.190. The first-order chi connectivity index (χ1) is 13.4. The number of allylic oxidation sites excluding steroid dienone is 3. The number of rotatable bonds is 3. The third-order valence-electron chi connectivity index (χ3n) is 4.75. The maximum atomic E-state index is 9.65. The van der Waals surface area contributed by atoms with Crippen LogP contribution in [0.1, 0.15) is 34.9 Å². The van der Waals surface area contributed by atoms with E-state index in [1.165, 1.54) is 0 Å². The number of nitrogens with two attached hydrogens (primary N) is 1. The van der Waals surface area contributed by atoms with Crippen LogP contribution in [-0.4, -0.2) is 19.2 Å². The minimum absolute atomic E-state index is 0.140. The van der Waals surface area contributed by atoms with Gasteiger partial charge in [-0.2, -0.15) is 10.5 Å². The highest BCUT2D eigenvalue weighted by Gasteiger charge is 2.29. The molecule has 140 valence electrons. The van der Waals surface area contributed by atoms with E-state index in [1.54, 1.807) is 14.2 Å². The third kappa shape index (κ3) is 2.98. The highest BCUT2D eigenvalue weighted by molar-refractivity contribution is 14.1. The van der Waals surface area contributed by atoms with Crippen LogP contribution in [0.15, 0.2) is 17.7 Å². The summed E-state index contributed by atoms with van der Waals surface area (Å²) in [5, 5.41) is 19.1. The van der Waals surface area contributed by atoms with E-state index in [-0.39, 0.29) is 5.82 Å². The summed E-state index contributed by atoms with van der Waals surface area (Å²) in [5.74, 6) is 1.42. The highest BCUT2D eigenvalue weighted by atomic mass is 127. The molecule has 2 N–H and O–H groups in total. The largest absolute Gasteiger partial charge is 0.493 e. The van der Waals surface area contributed by atoms with Gasteiger partial charge in [-0.25, -0.2) is 4.98 Å². The van der Waals surface area contributed by atoms with E-state index in [0.717, 1.165) is 31.4 Å². The summed E-state index contributed by atoms with van der Waals surface area (Å²) >= 11 is 2.19. The molecule has 1 heterocycles. The van der Waals surface area contributed by atoms with Crippen LogP contribution in [0.3, 0.4) is 0 Å². The molecule has 0 fully saturated rings. The predicted molar refractivity (Wildman–Crippen MR) is 116 cm³/mol. The maximum absolute atomic E-state index is 9.65. The zero-order valence-corrected chi connectivity index (χ0v) is 18.0. The lowest BCUT2D eigenvalue weighted by Gasteiger charge is -2.13. The normalized spacial score (nSPS) is 13.9. The van der Waals surface area contributed by atoms with Crippen LogP contribution < -0.4 is 15.2 Å². The van der Waals surface area contributed by atoms with Crippen molar-refractivity contribution in [3.63, 3.8) is 0 Å². The Labute approximate surface area is 177 Å². The van der Waals surface area contributed by atoms with E-state index in [1.807, 2.05) is 32.1 Å². The van der Waals surface area contributed by atoms with Gasteiger partial charge in [-0.1, -0.05) is 0 Å². The maximum Gasteiger partial charge on any atom is 0.174 e. The molecule has 1 aliphatic rings. The number of pyridine rings is 1. The molecule has 6 nitrogen and oxygen atoms in total. The van der Waals surface area contributed by atoms with Crippen LogP contribution in [-0.2, 0) is 0 Å². The van der Waals surface area contributed by atoms with Crippen molar-refractivity contribution in [1.29, 1.82) is 10.5 Å². The lowest BCUT2D eigenvalue weighted by molar-refractivity contribution is 0.353. The van der Waals surface area contributed by atoms with Crippen LogP contribution in [0.4, 0.5) is 5.82 Å². The Morgan fingerprint density at radius 3 is 2.43 bits per heavy atom. The first-order valence-corrected chi connectivity index (χ1v) is 9.41. The molecule has 0 saturated heterocycles. The first-order valence-electron chi connectivity index (χ1n) is 8.33. The van der Waals surface area contributed by atoms with E-state index in [0.29, 0.717) is 28.3 Å². The molecule has 3 rings (SSSR count). The van der Waals surface area contributed by atoms with Crippen LogP contribution in [0.2, 0.25) is 0 Å². The number of aromatic nitrogens is 1. The van der Waals surface area contributed by atoms with E-state index in [9.17, 15) is 10.5 Å². The second-order valence-corrected chi connectivity index (χ2v) is 7.40. The molecule has 0 atom stereocenters. The fourth-order valence-corrected chi connectivity index (χ4v) is 4.23. The highest BCUT2D eigenvalue weighted by Crippen LogP contribution is 2.45. The second-order valence-electron chi connectivity index (χ2n) is 6.24. The topological polar surface area (TPSA) is 105 Å². The average Bonchev–Trinajstić information content (AvgIpc) is 2.92. The van der Waals surface area contributed by atoms with Gasteiger partial charge in [0.25, 0.3) is 0 Å². The number of hydrogen-bond donors (Lipinski definition) is 1. The summed E-state index contributed by atoms with van der Waals surface area (Å²) in [7, 11) is 3.19. The van der Waals surface area contributed by atoms with E-state index in [2.05, 4.69) is 39.7 Å². The van der Waals surface area contributed by atoms with Gasteiger partial charge in [0.15, 0.2) is 11.5 Å².